The van der Waals surface area contributed by atoms with Crippen LogP contribution in [0.1, 0.15) is 128 Å². The van der Waals surface area contributed by atoms with Gasteiger partial charge >= 0.3 is 0 Å². The van der Waals surface area contributed by atoms with Crippen LogP contribution in [0.4, 0.5) is 0 Å². The van der Waals surface area contributed by atoms with Crippen LogP contribution < -0.4 is 0 Å². The summed E-state index contributed by atoms with van der Waals surface area (Å²) in [6, 6.07) is 0. The Labute approximate surface area is 186 Å². The van der Waals surface area contributed by atoms with Gasteiger partial charge in [0.15, 0.2) is 0 Å². The number of aliphatic hydroxyl groups is 2. The minimum Gasteiger partial charge on any atom is -0.396 e. The Bertz CT molecular complexity index is 275. The lowest BCUT2D eigenvalue weighted by Crippen LogP contribution is -2.05. The SMILES string of the molecule is C=CC(C)C.CC(C)(C)CCCO.CC(C)(C)CCCO.CCCCCC(C)C. The molecule has 0 bridgehead atoms. The summed E-state index contributed by atoms with van der Waals surface area (Å²) in [6.07, 6.45) is 11.6. The number of unbranched alkanes of at least 4 members (excludes halogenated alkanes) is 2. The Morgan fingerprint density at radius 3 is 1.21 bits per heavy atom. The minimum absolute atomic E-state index is 0.331. The van der Waals surface area contributed by atoms with Crippen molar-refractivity contribution in [3.8, 4) is 0 Å². The zero-order valence-electron chi connectivity index (χ0n) is 22.4. The number of hydrogen-bond donors (Lipinski definition) is 2. The van der Waals surface area contributed by atoms with Crippen LogP contribution in [0.5, 0.6) is 0 Å². The monoisotopic (exact) mass is 416 g/mol. The van der Waals surface area contributed by atoms with E-state index in [-0.39, 0.29) is 0 Å². The van der Waals surface area contributed by atoms with Crippen molar-refractivity contribution in [2.45, 2.75) is 128 Å². The molecule has 0 saturated carbocycles. The van der Waals surface area contributed by atoms with E-state index >= 15 is 0 Å². The van der Waals surface area contributed by atoms with Crippen LogP contribution in [0.2, 0.25) is 0 Å². The Morgan fingerprint density at radius 1 is 0.724 bits per heavy atom. The van der Waals surface area contributed by atoms with E-state index in [0.29, 0.717) is 30.0 Å². The summed E-state index contributed by atoms with van der Waals surface area (Å²) >= 11 is 0. The lowest BCUT2D eigenvalue weighted by atomic mass is 9.91. The molecule has 0 aliphatic carbocycles. The summed E-state index contributed by atoms with van der Waals surface area (Å²) < 4.78 is 0. The van der Waals surface area contributed by atoms with Gasteiger partial charge in [-0.25, -0.2) is 0 Å². The molecule has 0 amide bonds. The highest BCUT2D eigenvalue weighted by molar-refractivity contribution is 4.69. The third-order valence-corrected chi connectivity index (χ3v) is 4.03. The fourth-order valence-electron chi connectivity index (χ4n) is 2.02. The van der Waals surface area contributed by atoms with Gasteiger partial charge in [-0.3, -0.25) is 0 Å². The molecule has 0 aromatic rings. The topological polar surface area (TPSA) is 40.5 Å². The summed E-state index contributed by atoms with van der Waals surface area (Å²) in [4.78, 5) is 0. The first kappa shape index (κ1) is 36.1. The summed E-state index contributed by atoms with van der Waals surface area (Å²) in [7, 11) is 0. The molecule has 2 N–H and O–H groups in total. The molecule has 29 heavy (non-hydrogen) atoms. The van der Waals surface area contributed by atoms with Gasteiger partial charge in [-0.2, -0.15) is 0 Å². The molecule has 0 unspecified atom stereocenters. The average Bonchev–Trinajstić information content (AvgIpc) is 2.58. The van der Waals surface area contributed by atoms with E-state index in [0.717, 1.165) is 31.6 Å². The molecule has 180 valence electrons. The molecule has 0 fully saturated rings. The molecule has 0 saturated heterocycles. The van der Waals surface area contributed by atoms with Crippen LogP contribution in [-0.2, 0) is 0 Å². The van der Waals surface area contributed by atoms with Gasteiger partial charge in [-0.15, -0.1) is 6.58 Å². The highest BCUT2D eigenvalue weighted by atomic mass is 16.3. The van der Waals surface area contributed by atoms with E-state index < -0.39 is 0 Å². The van der Waals surface area contributed by atoms with Crippen LogP contribution in [0.15, 0.2) is 12.7 Å². The van der Waals surface area contributed by atoms with Gasteiger partial charge in [0.25, 0.3) is 0 Å². The van der Waals surface area contributed by atoms with Crippen molar-refractivity contribution in [2.75, 3.05) is 13.2 Å². The predicted octanol–water partition coefficient (Wildman–Crippen LogP) is 8.66. The molecule has 0 aliphatic heterocycles. The van der Waals surface area contributed by atoms with Crippen LogP contribution in [0.25, 0.3) is 0 Å². The van der Waals surface area contributed by atoms with E-state index in [2.05, 4.69) is 82.7 Å². The van der Waals surface area contributed by atoms with Crippen LogP contribution in [-0.4, -0.2) is 23.4 Å². The molecule has 2 nitrogen and oxygen atoms in total. The maximum absolute atomic E-state index is 8.43. The van der Waals surface area contributed by atoms with Crippen LogP contribution >= 0.6 is 0 Å². The van der Waals surface area contributed by atoms with Gasteiger partial charge in [0.05, 0.1) is 0 Å². The first-order valence-corrected chi connectivity index (χ1v) is 12.0. The lowest BCUT2D eigenvalue weighted by molar-refractivity contribution is 0.251. The maximum Gasteiger partial charge on any atom is 0.0431 e. The number of allylic oxidation sites excluding steroid dienone is 1. The highest BCUT2D eigenvalue weighted by Gasteiger charge is 2.08. The van der Waals surface area contributed by atoms with Gasteiger partial charge in [-0.05, 0) is 48.3 Å². The lowest BCUT2D eigenvalue weighted by Gasteiger charge is -2.16. The van der Waals surface area contributed by atoms with E-state index in [9.17, 15) is 0 Å². The van der Waals surface area contributed by atoms with Gasteiger partial charge < -0.3 is 10.2 Å². The van der Waals surface area contributed by atoms with Crippen LogP contribution in [0, 0.1) is 22.7 Å². The van der Waals surface area contributed by atoms with Gasteiger partial charge in [-0.1, -0.05) is 108 Å². The molecule has 0 atom stereocenters. The van der Waals surface area contributed by atoms with E-state index in [1.807, 2.05) is 6.08 Å². The smallest absolute Gasteiger partial charge is 0.0431 e. The fourth-order valence-corrected chi connectivity index (χ4v) is 2.02. The molecular formula is C27H60O2. The number of rotatable bonds is 9. The van der Waals surface area contributed by atoms with Crippen molar-refractivity contribution < 1.29 is 10.2 Å². The predicted molar refractivity (Wildman–Crippen MR) is 136 cm³/mol. The molecule has 2 heteroatoms. The molecular weight excluding hydrogens is 356 g/mol. The second kappa shape index (κ2) is 23.9. The highest BCUT2D eigenvalue weighted by Crippen LogP contribution is 2.20. The van der Waals surface area contributed by atoms with E-state index in [4.69, 9.17) is 10.2 Å². The summed E-state index contributed by atoms with van der Waals surface area (Å²) in [5, 5.41) is 16.9. The van der Waals surface area contributed by atoms with Crippen molar-refractivity contribution in [1.82, 2.24) is 0 Å². The van der Waals surface area contributed by atoms with Crippen molar-refractivity contribution in [2.24, 2.45) is 22.7 Å². The molecule has 0 aliphatic rings. The zero-order chi connectivity index (χ0) is 23.9. The van der Waals surface area contributed by atoms with E-state index in [1.165, 1.54) is 25.7 Å². The molecule has 0 spiro atoms. The number of hydrogen-bond acceptors (Lipinski definition) is 2. The summed E-state index contributed by atoms with van der Waals surface area (Å²) in [5.41, 5.74) is 0.783. The van der Waals surface area contributed by atoms with Crippen molar-refractivity contribution >= 4 is 0 Å². The summed E-state index contributed by atoms with van der Waals surface area (Å²) in [5.74, 6) is 1.55. The maximum atomic E-state index is 8.43. The first-order valence-electron chi connectivity index (χ1n) is 12.0. The zero-order valence-corrected chi connectivity index (χ0v) is 22.4. The first-order chi connectivity index (χ1) is 13.2. The molecule has 0 rings (SSSR count). The number of aliphatic hydroxyl groups excluding tert-OH is 2. The second-order valence-electron chi connectivity index (χ2n) is 11.1. The van der Waals surface area contributed by atoms with Crippen molar-refractivity contribution in [1.29, 1.82) is 0 Å². The molecule has 0 aromatic heterocycles. The van der Waals surface area contributed by atoms with Crippen molar-refractivity contribution in [3.63, 3.8) is 0 Å². The Balaban J connectivity index is -0.000000146. The standard InChI is InChI=1S/C8H18.2C7H16O.C5H10/c1-4-5-6-7-8(2)3;2*1-7(2,3)5-4-6-8;1-4-5(2)3/h8H,4-7H2,1-3H3;2*8H,4-6H2,1-3H3;4-5H,1H2,2-3H3. The molecule has 0 radical (unpaired) electrons. The minimum atomic E-state index is 0.331. The van der Waals surface area contributed by atoms with Gasteiger partial charge in [0.1, 0.15) is 0 Å². The second-order valence-corrected chi connectivity index (χ2v) is 11.1. The Morgan fingerprint density at radius 2 is 1.07 bits per heavy atom. The van der Waals surface area contributed by atoms with Gasteiger partial charge in [0, 0.05) is 13.2 Å². The third kappa shape index (κ3) is 65.6. The fraction of sp³-hybridized carbons (Fsp3) is 0.926. The Hall–Kier alpha value is -0.340. The van der Waals surface area contributed by atoms with Gasteiger partial charge in [0.2, 0.25) is 0 Å². The van der Waals surface area contributed by atoms with Crippen molar-refractivity contribution in [3.05, 3.63) is 12.7 Å². The third-order valence-electron chi connectivity index (χ3n) is 4.03. The molecule has 0 heterocycles. The molecule has 0 aromatic carbocycles. The van der Waals surface area contributed by atoms with Crippen LogP contribution in [0.3, 0.4) is 0 Å². The summed E-state index contributed by atoms with van der Waals surface area (Å²) in [6.45, 7) is 28.4. The quantitative estimate of drug-likeness (QED) is 0.291. The average molecular weight is 417 g/mol. The van der Waals surface area contributed by atoms with E-state index in [1.54, 1.807) is 0 Å². The normalized spacial score (nSPS) is 11.0. The largest absolute Gasteiger partial charge is 0.396 e. The Kier molecular flexibility index (Phi) is 29.8.